The zero-order chi connectivity index (χ0) is 17.5. The van der Waals surface area contributed by atoms with Gasteiger partial charge in [-0.15, -0.1) is 0 Å². The highest BCUT2D eigenvalue weighted by Gasteiger charge is 2.42. The lowest BCUT2D eigenvalue weighted by Crippen LogP contribution is -2.50. The van der Waals surface area contributed by atoms with Gasteiger partial charge in [-0.1, -0.05) is 31.9 Å². The van der Waals surface area contributed by atoms with E-state index in [1.165, 1.54) is 32.1 Å². The predicted octanol–water partition coefficient (Wildman–Crippen LogP) is 3.49. The second-order valence-corrected chi connectivity index (χ2v) is 8.05. The van der Waals surface area contributed by atoms with Gasteiger partial charge in [0.05, 0.1) is 12.7 Å². The number of amides is 1. The summed E-state index contributed by atoms with van der Waals surface area (Å²) in [6.45, 7) is 7.48. The van der Waals surface area contributed by atoms with Crippen LogP contribution in [0.3, 0.4) is 0 Å². The van der Waals surface area contributed by atoms with Gasteiger partial charge in [0.15, 0.2) is 0 Å². The molecule has 142 valence electrons. The van der Waals surface area contributed by atoms with Gasteiger partial charge >= 0.3 is 6.09 Å². The molecule has 25 heavy (non-hydrogen) atoms. The molecule has 5 heteroatoms. The number of ether oxygens (including phenoxy) is 2. The highest BCUT2D eigenvalue weighted by atomic mass is 16.6. The summed E-state index contributed by atoms with van der Waals surface area (Å²) >= 11 is 0. The monoisotopic (exact) mass is 350 g/mol. The van der Waals surface area contributed by atoms with Crippen LogP contribution in [-0.2, 0) is 9.47 Å². The van der Waals surface area contributed by atoms with E-state index in [1.54, 1.807) is 6.08 Å². The number of rotatable bonds is 8. The standard InChI is InChI=1S/C20H34N2O3/c1-2-14-24-19(23)22(17-8-9-17)15-20(10-12-21-13-11-20)16-25-18-6-4-3-5-7-18/h2,17-18,21H,1,3-16H2. The molecule has 2 aliphatic carbocycles. The van der Waals surface area contributed by atoms with E-state index in [4.69, 9.17) is 9.47 Å². The molecule has 5 nitrogen and oxygen atoms in total. The molecule has 0 bridgehead atoms. The van der Waals surface area contributed by atoms with E-state index in [-0.39, 0.29) is 18.1 Å². The van der Waals surface area contributed by atoms with Gasteiger partial charge in [0.1, 0.15) is 6.61 Å². The molecule has 3 rings (SSSR count). The SMILES string of the molecule is C=CCOC(=O)N(CC1(COC2CCCCC2)CCNCC1)C1CC1. The van der Waals surface area contributed by atoms with Crippen molar-refractivity contribution in [3.63, 3.8) is 0 Å². The van der Waals surface area contributed by atoms with Gasteiger partial charge in [0.2, 0.25) is 0 Å². The zero-order valence-electron chi connectivity index (χ0n) is 15.5. The molecule has 0 radical (unpaired) electrons. The van der Waals surface area contributed by atoms with Crippen LogP contribution >= 0.6 is 0 Å². The third-order valence-electron chi connectivity index (χ3n) is 5.89. The van der Waals surface area contributed by atoms with E-state index < -0.39 is 0 Å². The molecule has 1 aliphatic heterocycles. The molecule has 3 aliphatic rings. The summed E-state index contributed by atoms with van der Waals surface area (Å²) in [5.41, 5.74) is 0.0679. The fourth-order valence-corrected chi connectivity index (χ4v) is 4.14. The molecule has 2 saturated carbocycles. The summed E-state index contributed by atoms with van der Waals surface area (Å²) in [5.74, 6) is 0. The van der Waals surface area contributed by atoms with E-state index in [0.29, 0.717) is 12.1 Å². The minimum atomic E-state index is -0.182. The number of hydrogen-bond acceptors (Lipinski definition) is 4. The van der Waals surface area contributed by atoms with Crippen LogP contribution in [0.2, 0.25) is 0 Å². The van der Waals surface area contributed by atoms with Crippen molar-refractivity contribution in [2.24, 2.45) is 5.41 Å². The fraction of sp³-hybridized carbons (Fsp3) is 0.850. The average molecular weight is 351 g/mol. The third kappa shape index (κ3) is 5.45. The Bertz CT molecular complexity index is 438. The topological polar surface area (TPSA) is 50.8 Å². The number of carbonyl (C=O) groups excluding carboxylic acids is 1. The van der Waals surface area contributed by atoms with Crippen LogP contribution in [0.4, 0.5) is 4.79 Å². The van der Waals surface area contributed by atoms with Gasteiger partial charge in [0, 0.05) is 18.0 Å². The molecule has 0 unspecified atom stereocenters. The van der Waals surface area contributed by atoms with Crippen molar-refractivity contribution in [2.45, 2.75) is 69.9 Å². The van der Waals surface area contributed by atoms with Gasteiger partial charge in [-0.05, 0) is 51.6 Å². The molecule has 1 saturated heterocycles. The molecule has 0 aromatic rings. The predicted molar refractivity (Wildman–Crippen MR) is 98.6 cm³/mol. The van der Waals surface area contributed by atoms with Crippen molar-refractivity contribution in [2.75, 3.05) is 32.8 Å². The maximum atomic E-state index is 12.5. The van der Waals surface area contributed by atoms with Gasteiger partial charge in [0.25, 0.3) is 0 Å². The van der Waals surface area contributed by atoms with Crippen LogP contribution in [0.5, 0.6) is 0 Å². The number of carbonyl (C=O) groups is 1. The van der Waals surface area contributed by atoms with E-state index in [0.717, 1.165) is 51.9 Å². The Morgan fingerprint density at radius 2 is 1.88 bits per heavy atom. The number of piperidine rings is 1. The quantitative estimate of drug-likeness (QED) is 0.681. The normalized spacial score (nSPS) is 23.8. The minimum Gasteiger partial charge on any atom is -0.445 e. The van der Waals surface area contributed by atoms with Gasteiger partial charge < -0.3 is 19.7 Å². The van der Waals surface area contributed by atoms with Crippen molar-refractivity contribution in [1.29, 1.82) is 0 Å². The summed E-state index contributed by atoms with van der Waals surface area (Å²) in [4.78, 5) is 14.5. The van der Waals surface area contributed by atoms with E-state index in [9.17, 15) is 4.79 Å². The molecule has 0 spiro atoms. The maximum absolute atomic E-state index is 12.5. The highest BCUT2D eigenvalue weighted by molar-refractivity contribution is 5.68. The third-order valence-corrected chi connectivity index (χ3v) is 5.89. The van der Waals surface area contributed by atoms with Gasteiger partial charge in [-0.2, -0.15) is 0 Å². The molecule has 0 atom stereocenters. The van der Waals surface area contributed by atoms with Crippen molar-refractivity contribution < 1.29 is 14.3 Å². The highest BCUT2D eigenvalue weighted by Crippen LogP contribution is 2.36. The first-order valence-electron chi connectivity index (χ1n) is 10.1. The van der Waals surface area contributed by atoms with E-state index in [2.05, 4.69) is 11.9 Å². The Labute approximate surface area is 152 Å². The number of hydrogen-bond donors (Lipinski definition) is 1. The molecule has 3 fully saturated rings. The van der Waals surface area contributed by atoms with Crippen LogP contribution in [0.25, 0.3) is 0 Å². The molecule has 1 heterocycles. The van der Waals surface area contributed by atoms with Gasteiger partial charge in [-0.3, -0.25) is 0 Å². The summed E-state index contributed by atoms with van der Waals surface area (Å²) in [7, 11) is 0. The maximum Gasteiger partial charge on any atom is 0.410 e. The Kier molecular flexibility index (Phi) is 6.77. The van der Waals surface area contributed by atoms with Crippen molar-refractivity contribution in [3.8, 4) is 0 Å². The molecule has 1 N–H and O–H groups in total. The molecular formula is C20H34N2O3. The Morgan fingerprint density at radius 3 is 2.52 bits per heavy atom. The summed E-state index contributed by atoms with van der Waals surface area (Å²) in [6.07, 6.45) is 12.5. The molecular weight excluding hydrogens is 316 g/mol. The van der Waals surface area contributed by atoms with Crippen LogP contribution in [0.15, 0.2) is 12.7 Å². The molecule has 1 amide bonds. The second-order valence-electron chi connectivity index (χ2n) is 8.05. The van der Waals surface area contributed by atoms with Crippen molar-refractivity contribution in [1.82, 2.24) is 10.2 Å². The van der Waals surface area contributed by atoms with Crippen LogP contribution in [0, 0.1) is 5.41 Å². The summed E-state index contributed by atoms with van der Waals surface area (Å²) in [6, 6.07) is 0.360. The van der Waals surface area contributed by atoms with Crippen LogP contribution in [-0.4, -0.2) is 56.0 Å². The molecule has 0 aromatic heterocycles. The van der Waals surface area contributed by atoms with Crippen LogP contribution < -0.4 is 5.32 Å². The van der Waals surface area contributed by atoms with Crippen LogP contribution in [0.1, 0.15) is 57.8 Å². The lowest BCUT2D eigenvalue weighted by molar-refractivity contribution is -0.0480. The zero-order valence-corrected chi connectivity index (χ0v) is 15.5. The average Bonchev–Trinajstić information content (AvgIpc) is 3.49. The van der Waals surface area contributed by atoms with Crippen molar-refractivity contribution >= 4 is 6.09 Å². The Balaban J connectivity index is 1.61. The van der Waals surface area contributed by atoms with Crippen molar-refractivity contribution in [3.05, 3.63) is 12.7 Å². The number of nitrogens with one attached hydrogen (secondary N) is 1. The second kappa shape index (κ2) is 9.04. The minimum absolute atomic E-state index is 0.0679. The largest absolute Gasteiger partial charge is 0.445 e. The lowest BCUT2D eigenvalue weighted by atomic mass is 9.79. The summed E-state index contributed by atoms with van der Waals surface area (Å²) in [5, 5.41) is 3.46. The van der Waals surface area contributed by atoms with E-state index >= 15 is 0 Å². The Hall–Kier alpha value is -1.07. The summed E-state index contributed by atoms with van der Waals surface area (Å²) < 4.78 is 11.7. The van der Waals surface area contributed by atoms with E-state index in [1.807, 2.05) is 4.90 Å². The lowest BCUT2D eigenvalue weighted by Gasteiger charge is -2.42. The first-order valence-corrected chi connectivity index (χ1v) is 10.1. The first kappa shape index (κ1) is 18.7. The smallest absolute Gasteiger partial charge is 0.410 e. The Morgan fingerprint density at radius 1 is 1.16 bits per heavy atom. The number of nitrogens with zero attached hydrogens (tertiary/aromatic N) is 1. The molecule has 0 aromatic carbocycles. The van der Waals surface area contributed by atoms with Gasteiger partial charge in [-0.25, -0.2) is 4.79 Å². The first-order chi connectivity index (χ1) is 12.2. The fourth-order valence-electron chi connectivity index (χ4n) is 4.14.